The van der Waals surface area contributed by atoms with E-state index in [1.165, 1.54) is 12.1 Å². The molecule has 1 amide bonds. The molecule has 0 aliphatic rings. The molecule has 2 aromatic heterocycles. The van der Waals surface area contributed by atoms with Gasteiger partial charge in [0.1, 0.15) is 0 Å². The van der Waals surface area contributed by atoms with E-state index in [2.05, 4.69) is 32.3 Å². The molecule has 0 atom stereocenters. The average molecular weight is 420 g/mol. The van der Waals surface area contributed by atoms with E-state index in [0.717, 1.165) is 28.6 Å². The largest absolute Gasteiger partial charge is 0.416 e. The van der Waals surface area contributed by atoms with Crippen molar-refractivity contribution in [3.05, 3.63) is 89.4 Å². The first kappa shape index (κ1) is 20.2. The first-order valence-corrected chi connectivity index (χ1v) is 9.24. The number of aromatic amines is 1. The number of rotatable bonds is 3. The van der Waals surface area contributed by atoms with E-state index >= 15 is 0 Å². The fourth-order valence-corrected chi connectivity index (χ4v) is 3.02. The molecule has 0 spiro atoms. The summed E-state index contributed by atoms with van der Waals surface area (Å²) in [7, 11) is 0. The highest BCUT2D eigenvalue weighted by atomic mass is 19.4. The Labute approximate surface area is 175 Å². The number of nitrogens with zero attached hydrogens (tertiary/aromatic N) is 2. The molecule has 0 aliphatic carbocycles. The molecule has 0 radical (unpaired) electrons. The summed E-state index contributed by atoms with van der Waals surface area (Å²) in [4.78, 5) is 16.5. The number of carbonyl (C=O) groups is 1. The van der Waals surface area contributed by atoms with Gasteiger partial charge in [0.2, 0.25) is 0 Å². The number of amides is 1. The summed E-state index contributed by atoms with van der Waals surface area (Å²) in [6, 6.07) is 11.1. The lowest BCUT2D eigenvalue weighted by Crippen LogP contribution is -2.14. The third-order valence-electron chi connectivity index (χ3n) is 4.53. The molecule has 0 unspecified atom stereocenters. The Morgan fingerprint density at radius 2 is 1.90 bits per heavy atom. The van der Waals surface area contributed by atoms with Gasteiger partial charge in [0, 0.05) is 34.8 Å². The Morgan fingerprint density at radius 3 is 2.74 bits per heavy atom. The second kappa shape index (κ2) is 8.32. The predicted octanol–water partition coefficient (Wildman–Crippen LogP) is 4.82. The van der Waals surface area contributed by atoms with Crippen molar-refractivity contribution in [1.82, 2.24) is 15.2 Å². The molecule has 8 heteroatoms. The van der Waals surface area contributed by atoms with Crippen molar-refractivity contribution in [3.8, 4) is 11.8 Å². The van der Waals surface area contributed by atoms with Crippen LogP contribution < -0.4 is 5.32 Å². The minimum absolute atomic E-state index is 0.0768. The topological polar surface area (TPSA) is 70.7 Å². The van der Waals surface area contributed by atoms with E-state index in [1.807, 2.05) is 0 Å². The number of carbonyl (C=O) groups excluding carboxylic acids is 1. The summed E-state index contributed by atoms with van der Waals surface area (Å²) in [5.74, 6) is 5.46. The number of hydrogen-bond donors (Lipinski definition) is 2. The first-order chi connectivity index (χ1) is 14.9. The monoisotopic (exact) mass is 420 g/mol. The van der Waals surface area contributed by atoms with E-state index in [9.17, 15) is 18.0 Å². The van der Waals surface area contributed by atoms with Crippen LogP contribution in [-0.2, 0) is 12.6 Å². The van der Waals surface area contributed by atoms with Crippen LogP contribution in [0.3, 0.4) is 0 Å². The molecule has 0 bridgehead atoms. The Bertz CT molecular complexity index is 1320. The second-order valence-electron chi connectivity index (χ2n) is 6.72. The molecular weight excluding hydrogens is 405 g/mol. The molecule has 0 aliphatic heterocycles. The standard InChI is InChI=1S/C23H15F3N4O/c24-23(25,26)18-8-3-6-16(11-18)22(31)29-19-9-2-5-15(10-19)4-1-7-17-12-27-14-21-20(17)13-28-30-21/h2-3,5-6,8-14H,7H2,(H,28,30)(H,29,31). The zero-order valence-electron chi connectivity index (χ0n) is 16.0. The van der Waals surface area contributed by atoms with Gasteiger partial charge < -0.3 is 5.32 Å². The number of hydrogen-bond acceptors (Lipinski definition) is 3. The van der Waals surface area contributed by atoms with Crippen molar-refractivity contribution in [3.63, 3.8) is 0 Å². The highest BCUT2D eigenvalue weighted by Crippen LogP contribution is 2.29. The van der Waals surface area contributed by atoms with Crippen LogP contribution in [0.1, 0.15) is 27.0 Å². The van der Waals surface area contributed by atoms with Gasteiger partial charge >= 0.3 is 6.18 Å². The normalized spacial score (nSPS) is 11.1. The minimum atomic E-state index is -4.51. The van der Waals surface area contributed by atoms with Crippen molar-refractivity contribution >= 4 is 22.5 Å². The van der Waals surface area contributed by atoms with Gasteiger partial charge in [-0.05, 0) is 42.0 Å². The van der Waals surface area contributed by atoms with Crippen molar-refractivity contribution < 1.29 is 18.0 Å². The number of H-pyrrole nitrogens is 1. The predicted molar refractivity (Wildman–Crippen MR) is 110 cm³/mol. The molecule has 0 saturated carbocycles. The molecule has 2 heterocycles. The van der Waals surface area contributed by atoms with Gasteiger partial charge in [-0.2, -0.15) is 18.3 Å². The lowest BCUT2D eigenvalue weighted by atomic mass is 10.1. The van der Waals surface area contributed by atoms with Gasteiger partial charge in [-0.3, -0.25) is 14.9 Å². The van der Waals surface area contributed by atoms with Crippen molar-refractivity contribution in [2.45, 2.75) is 12.6 Å². The zero-order chi connectivity index (χ0) is 21.8. The van der Waals surface area contributed by atoms with E-state index in [-0.39, 0.29) is 5.56 Å². The molecule has 0 fully saturated rings. The molecule has 154 valence electrons. The van der Waals surface area contributed by atoms with Crippen LogP contribution in [0.4, 0.5) is 18.9 Å². The van der Waals surface area contributed by atoms with Crippen molar-refractivity contribution in [2.75, 3.05) is 5.32 Å². The summed E-state index contributed by atoms with van der Waals surface area (Å²) in [6.07, 6.45) is 1.10. The number of fused-ring (bicyclic) bond motifs is 1. The molecule has 0 saturated heterocycles. The maximum absolute atomic E-state index is 12.9. The van der Waals surface area contributed by atoms with Crippen LogP contribution in [0.5, 0.6) is 0 Å². The molecule has 4 aromatic rings. The Hall–Kier alpha value is -4.12. The van der Waals surface area contributed by atoms with Crippen LogP contribution in [0.2, 0.25) is 0 Å². The van der Waals surface area contributed by atoms with Crippen LogP contribution in [0.25, 0.3) is 10.9 Å². The Kier molecular flexibility index (Phi) is 5.41. The maximum atomic E-state index is 12.9. The smallest absolute Gasteiger partial charge is 0.322 e. The summed E-state index contributed by atoms with van der Waals surface area (Å²) in [5.41, 5.74) is 1.92. The number of anilines is 1. The van der Waals surface area contributed by atoms with Gasteiger partial charge in [-0.15, -0.1) is 0 Å². The van der Waals surface area contributed by atoms with Gasteiger partial charge in [0.25, 0.3) is 5.91 Å². The van der Waals surface area contributed by atoms with E-state index < -0.39 is 17.6 Å². The SMILES string of the molecule is O=C(Nc1cccc(C#CCc2cncc3[nH]ncc23)c1)c1cccc(C(F)(F)F)c1. The minimum Gasteiger partial charge on any atom is -0.322 e. The highest BCUT2D eigenvalue weighted by Gasteiger charge is 2.30. The lowest BCUT2D eigenvalue weighted by molar-refractivity contribution is -0.137. The Balaban J connectivity index is 1.47. The molecule has 2 N–H and O–H groups in total. The zero-order valence-corrected chi connectivity index (χ0v) is 16.0. The summed E-state index contributed by atoms with van der Waals surface area (Å²) < 4.78 is 38.6. The van der Waals surface area contributed by atoms with Gasteiger partial charge in [0.15, 0.2) is 0 Å². The first-order valence-electron chi connectivity index (χ1n) is 9.24. The fraction of sp³-hybridized carbons (Fsp3) is 0.0870. The van der Waals surface area contributed by atoms with E-state index in [1.54, 1.807) is 42.9 Å². The maximum Gasteiger partial charge on any atom is 0.416 e. The second-order valence-corrected chi connectivity index (χ2v) is 6.72. The third kappa shape index (κ3) is 4.73. The van der Waals surface area contributed by atoms with Crippen molar-refractivity contribution in [1.29, 1.82) is 0 Å². The summed E-state index contributed by atoms with van der Waals surface area (Å²) >= 11 is 0. The van der Waals surface area contributed by atoms with Gasteiger partial charge in [-0.1, -0.05) is 24.0 Å². The quantitative estimate of drug-likeness (QED) is 0.467. The number of aromatic nitrogens is 3. The van der Waals surface area contributed by atoms with Crippen LogP contribution in [0.15, 0.2) is 67.1 Å². The highest BCUT2D eigenvalue weighted by molar-refractivity contribution is 6.04. The number of pyridine rings is 1. The van der Waals surface area contributed by atoms with E-state index in [4.69, 9.17) is 0 Å². The fourth-order valence-electron chi connectivity index (χ4n) is 3.02. The van der Waals surface area contributed by atoms with Crippen molar-refractivity contribution in [2.24, 2.45) is 0 Å². The molecule has 31 heavy (non-hydrogen) atoms. The van der Waals surface area contributed by atoms with Crippen LogP contribution in [-0.4, -0.2) is 21.1 Å². The van der Waals surface area contributed by atoms with E-state index in [0.29, 0.717) is 17.7 Å². The number of benzene rings is 2. The van der Waals surface area contributed by atoms with Crippen LogP contribution >= 0.6 is 0 Å². The van der Waals surface area contributed by atoms with Gasteiger partial charge in [-0.25, -0.2) is 0 Å². The average Bonchev–Trinajstić information content (AvgIpc) is 3.23. The Morgan fingerprint density at radius 1 is 1.06 bits per heavy atom. The molecule has 2 aromatic carbocycles. The lowest BCUT2D eigenvalue weighted by Gasteiger charge is -2.09. The molecular formula is C23H15F3N4O. The molecule has 4 rings (SSSR count). The van der Waals surface area contributed by atoms with Gasteiger partial charge in [0.05, 0.1) is 23.5 Å². The molecule has 5 nitrogen and oxygen atoms in total. The number of halogens is 3. The summed E-state index contributed by atoms with van der Waals surface area (Å²) in [6.45, 7) is 0. The third-order valence-corrected chi connectivity index (χ3v) is 4.53. The number of nitrogens with one attached hydrogen (secondary N) is 2. The summed E-state index contributed by atoms with van der Waals surface area (Å²) in [5, 5.41) is 10.4. The number of alkyl halides is 3. The van der Waals surface area contributed by atoms with Crippen LogP contribution in [0, 0.1) is 11.8 Å².